The van der Waals surface area contributed by atoms with E-state index in [1.54, 1.807) is 27.5 Å². The summed E-state index contributed by atoms with van der Waals surface area (Å²) in [6.45, 7) is 3.13. The van der Waals surface area contributed by atoms with Crippen LogP contribution in [-0.2, 0) is 11.3 Å². The maximum atomic E-state index is 12.9. The third-order valence-corrected chi connectivity index (χ3v) is 5.57. The molecule has 1 fully saturated rings. The second-order valence-corrected chi connectivity index (χ2v) is 7.80. The van der Waals surface area contributed by atoms with Gasteiger partial charge in [-0.15, -0.1) is 0 Å². The van der Waals surface area contributed by atoms with Gasteiger partial charge in [-0.1, -0.05) is 25.5 Å². The first-order chi connectivity index (χ1) is 14.7. The van der Waals surface area contributed by atoms with E-state index >= 15 is 0 Å². The summed E-state index contributed by atoms with van der Waals surface area (Å²) in [7, 11) is 0. The molecule has 30 heavy (non-hydrogen) atoms. The Balaban J connectivity index is 1.53. The SMILES string of the molecule is CCCCOc1ccccc1-c1cc2c(=O)n(CCC(=O)NC3CCC3)ccn2n1. The molecule has 0 saturated heterocycles. The van der Waals surface area contributed by atoms with Gasteiger partial charge in [0.1, 0.15) is 11.3 Å². The Morgan fingerprint density at radius 1 is 1.27 bits per heavy atom. The molecule has 1 saturated carbocycles. The average Bonchev–Trinajstić information content (AvgIpc) is 3.16. The number of aryl methyl sites for hydroxylation is 1. The summed E-state index contributed by atoms with van der Waals surface area (Å²) in [4.78, 5) is 25.0. The second kappa shape index (κ2) is 9.15. The highest BCUT2D eigenvalue weighted by molar-refractivity contribution is 5.76. The number of nitrogens with zero attached hydrogens (tertiary/aromatic N) is 3. The van der Waals surface area contributed by atoms with Crippen LogP contribution < -0.4 is 15.6 Å². The van der Waals surface area contributed by atoms with Crippen molar-refractivity contribution in [2.45, 2.75) is 58.0 Å². The van der Waals surface area contributed by atoms with E-state index < -0.39 is 0 Å². The second-order valence-electron chi connectivity index (χ2n) is 7.80. The fourth-order valence-electron chi connectivity index (χ4n) is 3.54. The molecule has 2 aromatic heterocycles. The first-order valence-electron chi connectivity index (χ1n) is 10.8. The summed E-state index contributed by atoms with van der Waals surface area (Å²) in [5.41, 5.74) is 1.88. The molecule has 0 atom stereocenters. The van der Waals surface area contributed by atoms with Gasteiger partial charge in [0.15, 0.2) is 0 Å². The van der Waals surface area contributed by atoms with Crippen LogP contribution in [0.15, 0.2) is 47.5 Å². The van der Waals surface area contributed by atoms with Crippen LogP contribution in [0.1, 0.15) is 45.4 Å². The first-order valence-corrected chi connectivity index (χ1v) is 10.8. The summed E-state index contributed by atoms with van der Waals surface area (Å²) < 4.78 is 9.08. The Hall–Kier alpha value is -3.09. The van der Waals surface area contributed by atoms with Gasteiger partial charge in [0.25, 0.3) is 5.56 Å². The van der Waals surface area contributed by atoms with E-state index in [0.29, 0.717) is 36.8 Å². The number of aromatic nitrogens is 3. The molecule has 1 aliphatic rings. The van der Waals surface area contributed by atoms with Crippen molar-refractivity contribution in [3.8, 4) is 17.0 Å². The normalized spacial score (nSPS) is 13.9. The highest BCUT2D eigenvalue weighted by Crippen LogP contribution is 2.29. The Labute approximate surface area is 175 Å². The molecule has 0 bridgehead atoms. The van der Waals surface area contributed by atoms with Crippen LogP contribution in [0.25, 0.3) is 16.8 Å². The number of fused-ring (bicyclic) bond motifs is 1. The van der Waals surface area contributed by atoms with Crippen LogP contribution in [0.5, 0.6) is 5.75 Å². The van der Waals surface area contributed by atoms with Gasteiger partial charge in [-0.25, -0.2) is 4.52 Å². The summed E-state index contributed by atoms with van der Waals surface area (Å²) in [5.74, 6) is 0.765. The van der Waals surface area contributed by atoms with E-state index in [9.17, 15) is 9.59 Å². The lowest BCUT2D eigenvalue weighted by Gasteiger charge is -2.26. The number of carbonyl (C=O) groups is 1. The highest BCUT2D eigenvalue weighted by Gasteiger charge is 2.19. The van der Waals surface area contributed by atoms with Crippen molar-refractivity contribution in [2.75, 3.05) is 6.61 Å². The van der Waals surface area contributed by atoms with Crippen LogP contribution in [0, 0.1) is 0 Å². The molecule has 7 heteroatoms. The largest absolute Gasteiger partial charge is 0.493 e. The van der Waals surface area contributed by atoms with Crippen molar-refractivity contribution in [2.24, 2.45) is 0 Å². The van der Waals surface area contributed by atoms with Crippen molar-refractivity contribution in [1.29, 1.82) is 0 Å². The number of nitrogens with one attached hydrogen (secondary N) is 1. The Bertz CT molecular complexity index is 1080. The molecule has 0 spiro atoms. The van der Waals surface area contributed by atoms with Crippen LogP contribution in [-0.4, -0.2) is 32.7 Å². The van der Waals surface area contributed by atoms with Crippen LogP contribution >= 0.6 is 0 Å². The minimum Gasteiger partial charge on any atom is -0.493 e. The summed E-state index contributed by atoms with van der Waals surface area (Å²) >= 11 is 0. The van der Waals surface area contributed by atoms with Crippen LogP contribution in [0.3, 0.4) is 0 Å². The van der Waals surface area contributed by atoms with E-state index in [4.69, 9.17) is 4.74 Å². The summed E-state index contributed by atoms with van der Waals surface area (Å²) in [6.07, 6.45) is 9.07. The van der Waals surface area contributed by atoms with E-state index in [0.717, 1.165) is 37.0 Å². The number of unbranched alkanes of at least 4 members (excludes halogenated alkanes) is 1. The lowest BCUT2D eigenvalue weighted by molar-refractivity contribution is -0.122. The highest BCUT2D eigenvalue weighted by atomic mass is 16.5. The van der Waals surface area contributed by atoms with Gasteiger partial charge >= 0.3 is 0 Å². The zero-order chi connectivity index (χ0) is 20.9. The average molecular weight is 409 g/mol. The van der Waals surface area contributed by atoms with Crippen LogP contribution in [0.4, 0.5) is 0 Å². The van der Waals surface area contributed by atoms with Gasteiger partial charge < -0.3 is 14.6 Å². The number of hydrogen-bond donors (Lipinski definition) is 1. The molecule has 3 aromatic rings. The number of para-hydroxylation sites is 1. The number of ether oxygens (including phenoxy) is 1. The molecule has 2 heterocycles. The molecule has 7 nitrogen and oxygen atoms in total. The number of rotatable bonds is 9. The molecule has 1 N–H and O–H groups in total. The number of amides is 1. The maximum absolute atomic E-state index is 12.9. The van der Waals surface area contributed by atoms with Crippen molar-refractivity contribution < 1.29 is 9.53 Å². The van der Waals surface area contributed by atoms with Gasteiger partial charge in [0.05, 0.1) is 12.3 Å². The predicted octanol–water partition coefficient (Wildman–Crippen LogP) is 3.40. The third kappa shape index (κ3) is 4.40. The Morgan fingerprint density at radius 3 is 2.87 bits per heavy atom. The minimum absolute atomic E-state index is 0.00109. The molecule has 0 radical (unpaired) electrons. The lowest BCUT2D eigenvalue weighted by atomic mass is 9.93. The first kappa shape index (κ1) is 20.2. The molecule has 0 unspecified atom stereocenters. The standard InChI is InChI=1S/C23H28N4O3/c1-2-3-15-30-21-10-5-4-9-18(21)19-16-20-23(29)26(13-14-27(20)25-19)12-11-22(28)24-17-7-6-8-17/h4-5,9-10,13-14,16-17H,2-3,6-8,11-12,15H2,1H3,(H,24,28). The van der Waals surface area contributed by atoms with Gasteiger partial charge in [0, 0.05) is 37.0 Å². The molecule has 1 amide bonds. The van der Waals surface area contributed by atoms with Crippen molar-refractivity contribution in [1.82, 2.24) is 19.5 Å². The van der Waals surface area contributed by atoms with Gasteiger partial charge in [-0.2, -0.15) is 5.10 Å². The topological polar surface area (TPSA) is 77.6 Å². The predicted molar refractivity (Wildman–Crippen MR) is 116 cm³/mol. The van der Waals surface area contributed by atoms with Crippen LogP contribution in [0.2, 0.25) is 0 Å². The van der Waals surface area contributed by atoms with E-state index in [2.05, 4.69) is 17.3 Å². The number of hydrogen-bond acceptors (Lipinski definition) is 4. The fourth-order valence-corrected chi connectivity index (χ4v) is 3.54. The Kier molecular flexibility index (Phi) is 6.16. The molecule has 0 aliphatic heterocycles. The third-order valence-electron chi connectivity index (χ3n) is 5.57. The molecular formula is C23H28N4O3. The summed E-state index contributed by atoms with van der Waals surface area (Å²) in [5, 5.41) is 7.58. The minimum atomic E-state index is -0.155. The van der Waals surface area contributed by atoms with Gasteiger partial charge in [-0.05, 0) is 43.9 Å². The van der Waals surface area contributed by atoms with Gasteiger partial charge in [0.2, 0.25) is 5.91 Å². The molecule has 1 aromatic carbocycles. The quantitative estimate of drug-likeness (QED) is 0.551. The van der Waals surface area contributed by atoms with Crippen molar-refractivity contribution in [3.63, 3.8) is 0 Å². The van der Waals surface area contributed by atoms with E-state index in [1.165, 1.54) is 6.42 Å². The molecule has 4 rings (SSSR count). The maximum Gasteiger partial charge on any atom is 0.276 e. The Morgan fingerprint density at radius 2 is 2.10 bits per heavy atom. The van der Waals surface area contributed by atoms with Crippen molar-refractivity contribution >= 4 is 11.4 Å². The molecule has 158 valence electrons. The number of carbonyl (C=O) groups excluding carboxylic acids is 1. The zero-order valence-electron chi connectivity index (χ0n) is 17.3. The smallest absolute Gasteiger partial charge is 0.276 e. The fraction of sp³-hybridized carbons (Fsp3) is 0.435. The van der Waals surface area contributed by atoms with E-state index in [-0.39, 0.29) is 11.5 Å². The van der Waals surface area contributed by atoms with Crippen molar-refractivity contribution in [3.05, 3.63) is 53.1 Å². The molecular weight excluding hydrogens is 380 g/mol. The monoisotopic (exact) mass is 408 g/mol. The summed E-state index contributed by atoms with van der Waals surface area (Å²) in [6, 6.07) is 9.84. The van der Waals surface area contributed by atoms with E-state index in [1.807, 2.05) is 24.3 Å². The van der Waals surface area contributed by atoms with Gasteiger partial charge in [-0.3, -0.25) is 9.59 Å². The lowest BCUT2D eigenvalue weighted by Crippen LogP contribution is -2.40. The molecule has 1 aliphatic carbocycles. The number of benzene rings is 1. The zero-order valence-corrected chi connectivity index (χ0v) is 17.3.